The summed E-state index contributed by atoms with van der Waals surface area (Å²) >= 11 is 3.56. The molecular weight excluding hydrogens is 304 g/mol. The Hall–Kier alpha value is -0.870. The first-order valence-electron chi connectivity index (χ1n) is 6.91. The molecule has 4 heteroatoms. The summed E-state index contributed by atoms with van der Waals surface area (Å²) in [6.45, 7) is 4.50. The maximum Gasteiger partial charge on any atom is 0.239 e. The zero-order valence-corrected chi connectivity index (χ0v) is 12.9. The van der Waals surface area contributed by atoms with E-state index in [-0.39, 0.29) is 11.9 Å². The number of carbonyl (C=O) groups excluding carboxylic acids is 1. The van der Waals surface area contributed by atoms with E-state index >= 15 is 0 Å². The summed E-state index contributed by atoms with van der Waals surface area (Å²) < 4.78 is 0. The minimum atomic E-state index is -0.0138. The minimum Gasteiger partial charge on any atom is -0.341 e. The Morgan fingerprint density at radius 3 is 2.74 bits per heavy atom. The molecule has 2 unspecified atom stereocenters. The van der Waals surface area contributed by atoms with Gasteiger partial charge in [0.05, 0.1) is 6.04 Å². The van der Waals surface area contributed by atoms with E-state index in [2.05, 4.69) is 33.4 Å². The van der Waals surface area contributed by atoms with E-state index in [1.165, 1.54) is 5.56 Å². The zero-order chi connectivity index (χ0) is 13.7. The van der Waals surface area contributed by atoms with Gasteiger partial charge in [0.1, 0.15) is 0 Å². The lowest BCUT2D eigenvalue weighted by atomic mass is 10.1. The molecule has 1 saturated heterocycles. The third kappa shape index (κ3) is 4.05. The van der Waals surface area contributed by atoms with Crippen LogP contribution in [-0.2, 0) is 11.2 Å². The number of hydrogen-bond donors (Lipinski definition) is 1. The number of rotatable bonds is 5. The van der Waals surface area contributed by atoms with Crippen molar-refractivity contribution in [3.05, 3.63) is 35.9 Å². The topological polar surface area (TPSA) is 32.3 Å². The van der Waals surface area contributed by atoms with Crippen molar-refractivity contribution in [3.63, 3.8) is 0 Å². The number of amides is 1. The van der Waals surface area contributed by atoms with E-state index in [0.29, 0.717) is 4.83 Å². The predicted molar refractivity (Wildman–Crippen MR) is 81.5 cm³/mol. The third-order valence-corrected chi connectivity index (χ3v) is 4.28. The molecule has 19 heavy (non-hydrogen) atoms. The Morgan fingerprint density at radius 2 is 2.16 bits per heavy atom. The molecule has 1 fully saturated rings. The van der Waals surface area contributed by atoms with Crippen molar-refractivity contribution in [1.82, 2.24) is 10.2 Å². The fourth-order valence-electron chi connectivity index (χ4n) is 2.43. The van der Waals surface area contributed by atoms with Gasteiger partial charge in [-0.25, -0.2) is 0 Å². The molecule has 2 atom stereocenters. The van der Waals surface area contributed by atoms with Crippen molar-refractivity contribution >= 4 is 21.8 Å². The largest absolute Gasteiger partial charge is 0.341 e. The molecule has 2 rings (SSSR count). The van der Waals surface area contributed by atoms with Crippen LogP contribution in [0.15, 0.2) is 30.3 Å². The molecule has 1 aromatic rings. The van der Waals surface area contributed by atoms with Gasteiger partial charge in [-0.3, -0.25) is 4.79 Å². The van der Waals surface area contributed by atoms with Crippen molar-refractivity contribution in [3.8, 4) is 0 Å². The van der Waals surface area contributed by atoms with Crippen molar-refractivity contribution < 1.29 is 4.79 Å². The number of halogens is 1. The van der Waals surface area contributed by atoms with E-state index in [0.717, 1.165) is 32.5 Å². The van der Waals surface area contributed by atoms with Gasteiger partial charge in [0, 0.05) is 24.5 Å². The highest BCUT2D eigenvalue weighted by molar-refractivity contribution is 9.09. The molecule has 0 spiro atoms. The second-order valence-electron chi connectivity index (χ2n) is 4.95. The first-order valence-corrected chi connectivity index (χ1v) is 7.82. The molecule has 1 amide bonds. The quantitative estimate of drug-likeness (QED) is 0.842. The molecule has 0 saturated carbocycles. The number of benzene rings is 1. The SMILES string of the molecule is CCN(CCc1ccccc1)C(=O)C1CC(Br)CN1. The summed E-state index contributed by atoms with van der Waals surface area (Å²) in [5.74, 6) is 0.236. The minimum absolute atomic E-state index is 0.0138. The van der Waals surface area contributed by atoms with Crippen molar-refractivity contribution in [2.75, 3.05) is 19.6 Å². The number of hydrogen-bond acceptors (Lipinski definition) is 2. The van der Waals surface area contributed by atoms with Gasteiger partial charge in [-0.15, -0.1) is 0 Å². The van der Waals surface area contributed by atoms with Gasteiger partial charge in [-0.2, -0.15) is 0 Å². The van der Waals surface area contributed by atoms with E-state index < -0.39 is 0 Å². The lowest BCUT2D eigenvalue weighted by Gasteiger charge is -2.24. The van der Waals surface area contributed by atoms with E-state index in [1.54, 1.807) is 0 Å². The molecule has 1 N–H and O–H groups in total. The maximum absolute atomic E-state index is 12.4. The Bertz CT molecular complexity index is 410. The molecule has 1 aliphatic rings. The maximum atomic E-state index is 12.4. The van der Waals surface area contributed by atoms with Gasteiger partial charge >= 0.3 is 0 Å². The Morgan fingerprint density at radius 1 is 1.42 bits per heavy atom. The van der Waals surface area contributed by atoms with Crippen LogP contribution in [0, 0.1) is 0 Å². The third-order valence-electron chi connectivity index (χ3n) is 3.58. The fourth-order valence-corrected chi connectivity index (χ4v) is 2.99. The highest BCUT2D eigenvalue weighted by atomic mass is 79.9. The van der Waals surface area contributed by atoms with Crippen molar-refractivity contribution in [1.29, 1.82) is 0 Å². The highest BCUT2D eigenvalue weighted by Crippen LogP contribution is 2.16. The molecule has 3 nitrogen and oxygen atoms in total. The zero-order valence-electron chi connectivity index (χ0n) is 11.3. The first-order chi connectivity index (χ1) is 9.20. The number of likely N-dealkylation sites (N-methyl/N-ethyl adjacent to an activating group) is 1. The Labute approximate surface area is 123 Å². The molecule has 104 valence electrons. The summed E-state index contributed by atoms with van der Waals surface area (Å²) in [6.07, 6.45) is 1.81. The summed E-state index contributed by atoms with van der Waals surface area (Å²) in [7, 11) is 0. The van der Waals surface area contributed by atoms with Crippen LogP contribution >= 0.6 is 15.9 Å². The van der Waals surface area contributed by atoms with Gasteiger partial charge in [-0.05, 0) is 25.3 Å². The molecule has 1 heterocycles. The number of nitrogens with zero attached hydrogens (tertiary/aromatic N) is 1. The van der Waals surface area contributed by atoms with Crippen molar-refractivity contribution in [2.24, 2.45) is 0 Å². The standard InChI is InChI=1S/C15H21BrN2O/c1-2-18(9-8-12-6-4-3-5-7-12)15(19)14-10-13(16)11-17-14/h3-7,13-14,17H,2,8-11H2,1H3. The van der Waals surface area contributed by atoms with Crippen LogP contribution in [0.3, 0.4) is 0 Å². The molecular formula is C15H21BrN2O. The monoisotopic (exact) mass is 324 g/mol. The second-order valence-corrected chi connectivity index (χ2v) is 6.24. The molecule has 1 aromatic carbocycles. The molecule has 1 aliphatic heterocycles. The van der Waals surface area contributed by atoms with Crippen molar-refractivity contribution in [2.45, 2.75) is 30.6 Å². The number of nitrogens with one attached hydrogen (secondary N) is 1. The van der Waals surface area contributed by atoms with Crippen LogP contribution in [0.5, 0.6) is 0 Å². The van der Waals surface area contributed by atoms with Crippen LogP contribution in [0.25, 0.3) is 0 Å². The predicted octanol–water partition coefficient (Wildman–Crippen LogP) is 2.20. The molecule has 0 radical (unpaired) electrons. The summed E-state index contributed by atoms with van der Waals surface area (Å²) in [5, 5.41) is 3.28. The van der Waals surface area contributed by atoms with E-state index in [1.807, 2.05) is 30.0 Å². The lowest BCUT2D eigenvalue weighted by molar-refractivity contribution is -0.132. The molecule has 0 aromatic heterocycles. The average molecular weight is 325 g/mol. The molecule has 0 bridgehead atoms. The lowest BCUT2D eigenvalue weighted by Crippen LogP contribution is -2.44. The van der Waals surface area contributed by atoms with Gasteiger partial charge < -0.3 is 10.2 Å². The van der Waals surface area contributed by atoms with Gasteiger partial charge in [0.25, 0.3) is 0 Å². The first kappa shape index (κ1) is 14.5. The average Bonchev–Trinajstić information content (AvgIpc) is 2.87. The number of carbonyl (C=O) groups is 1. The van der Waals surface area contributed by atoms with Crippen LogP contribution in [0.2, 0.25) is 0 Å². The second kappa shape index (κ2) is 7.06. The highest BCUT2D eigenvalue weighted by Gasteiger charge is 2.30. The number of alkyl halides is 1. The van der Waals surface area contributed by atoms with Crippen LogP contribution in [0.1, 0.15) is 18.9 Å². The van der Waals surface area contributed by atoms with Gasteiger partial charge in [-0.1, -0.05) is 46.3 Å². The Kier molecular flexibility index (Phi) is 5.40. The Balaban J connectivity index is 1.87. The van der Waals surface area contributed by atoms with Crippen LogP contribution < -0.4 is 5.32 Å². The van der Waals surface area contributed by atoms with Gasteiger partial charge in [0.15, 0.2) is 0 Å². The van der Waals surface area contributed by atoms with E-state index in [4.69, 9.17) is 0 Å². The molecule has 0 aliphatic carbocycles. The summed E-state index contributed by atoms with van der Waals surface area (Å²) in [4.78, 5) is 14.8. The normalized spacial score (nSPS) is 22.4. The fraction of sp³-hybridized carbons (Fsp3) is 0.533. The smallest absolute Gasteiger partial charge is 0.239 e. The summed E-state index contributed by atoms with van der Waals surface area (Å²) in [6, 6.07) is 10.3. The summed E-state index contributed by atoms with van der Waals surface area (Å²) in [5.41, 5.74) is 1.28. The van der Waals surface area contributed by atoms with Gasteiger partial charge in [0.2, 0.25) is 5.91 Å². The van der Waals surface area contributed by atoms with Crippen LogP contribution in [0.4, 0.5) is 0 Å². The van der Waals surface area contributed by atoms with Crippen LogP contribution in [-0.4, -0.2) is 41.3 Å². The van der Waals surface area contributed by atoms with E-state index in [9.17, 15) is 4.79 Å².